The molecular formula is C7H8N2S. The first-order valence-electron chi connectivity index (χ1n) is 2.91. The van der Waals surface area contributed by atoms with Gasteiger partial charge in [0, 0.05) is 12.4 Å². The summed E-state index contributed by atoms with van der Waals surface area (Å²) in [6, 6.07) is 0. The van der Waals surface area contributed by atoms with Gasteiger partial charge in [0.2, 0.25) is 0 Å². The number of hydrogen-bond acceptors (Lipinski definition) is 3. The number of thiazole rings is 1. The molecule has 0 aliphatic rings. The van der Waals surface area contributed by atoms with Crippen molar-refractivity contribution in [2.45, 2.75) is 6.92 Å². The topological polar surface area (TPSA) is 25.2 Å². The van der Waals surface area contributed by atoms with Crippen LogP contribution in [0.5, 0.6) is 0 Å². The van der Waals surface area contributed by atoms with E-state index in [0.29, 0.717) is 0 Å². The third kappa shape index (κ3) is 1.51. The number of hydrogen-bond donors (Lipinski definition) is 0. The molecule has 0 fully saturated rings. The number of rotatable bonds is 1. The maximum absolute atomic E-state index is 3.97. The van der Waals surface area contributed by atoms with Gasteiger partial charge in [0.25, 0.3) is 0 Å². The van der Waals surface area contributed by atoms with Crippen molar-refractivity contribution in [3.05, 3.63) is 15.4 Å². The average molecular weight is 152 g/mol. The third-order valence-electron chi connectivity index (χ3n) is 1.01. The Morgan fingerprint density at radius 2 is 2.60 bits per heavy atom. The molecule has 0 unspecified atom stereocenters. The van der Waals surface area contributed by atoms with E-state index in [2.05, 4.69) is 16.6 Å². The fourth-order valence-electron chi connectivity index (χ4n) is 0.526. The van der Waals surface area contributed by atoms with Crippen molar-refractivity contribution in [1.29, 1.82) is 0 Å². The Kier molecular flexibility index (Phi) is 2.34. The highest BCUT2D eigenvalue weighted by Gasteiger charge is 1.80. The van der Waals surface area contributed by atoms with Crippen molar-refractivity contribution in [2.24, 2.45) is 4.99 Å². The summed E-state index contributed by atoms with van der Waals surface area (Å²) in [7, 11) is 0. The van der Waals surface area contributed by atoms with Crippen LogP contribution in [-0.4, -0.2) is 11.2 Å². The summed E-state index contributed by atoms with van der Waals surface area (Å²) in [6.45, 7) is 5.60. The summed E-state index contributed by atoms with van der Waals surface area (Å²) in [4.78, 5) is 7.93. The van der Waals surface area contributed by atoms with Gasteiger partial charge in [-0.05, 0) is 6.92 Å². The van der Waals surface area contributed by atoms with Gasteiger partial charge < -0.3 is 0 Å². The molecule has 0 spiro atoms. The van der Waals surface area contributed by atoms with Crippen molar-refractivity contribution in [3.8, 4) is 0 Å². The molecule has 1 rings (SSSR count). The van der Waals surface area contributed by atoms with Gasteiger partial charge in [-0.25, -0.2) is 4.98 Å². The lowest BCUT2D eigenvalue weighted by atomic mass is 10.6. The minimum absolute atomic E-state index is 0.801. The molecule has 1 aromatic heterocycles. The minimum atomic E-state index is 0.801. The van der Waals surface area contributed by atoms with E-state index in [4.69, 9.17) is 0 Å². The van der Waals surface area contributed by atoms with Gasteiger partial charge >= 0.3 is 0 Å². The largest absolute Gasteiger partial charge is 0.268 e. The molecule has 0 amide bonds. The van der Waals surface area contributed by atoms with Gasteiger partial charge in [-0.1, -0.05) is 6.58 Å². The molecule has 0 radical (unpaired) electrons. The monoisotopic (exact) mass is 152 g/mol. The van der Waals surface area contributed by atoms with Crippen LogP contribution in [0.4, 0.5) is 0 Å². The van der Waals surface area contributed by atoms with E-state index in [9.17, 15) is 0 Å². The summed E-state index contributed by atoms with van der Waals surface area (Å²) >= 11 is 1.55. The highest BCUT2D eigenvalue weighted by molar-refractivity contribution is 7.07. The molecule has 1 heterocycles. The van der Waals surface area contributed by atoms with Crippen molar-refractivity contribution >= 4 is 30.3 Å². The van der Waals surface area contributed by atoms with Crippen LogP contribution in [0.3, 0.4) is 0 Å². The van der Waals surface area contributed by atoms with E-state index in [-0.39, 0.29) is 0 Å². The van der Waals surface area contributed by atoms with Crippen LogP contribution < -0.4 is 9.88 Å². The molecule has 0 aromatic carbocycles. The predicted octanol–water partition coefficient (Wildman–Crippen LogP) is 0.382. The van der Waals surface area contributed by atoms with E-state index >= 15 is 0 Å². The second kappa shape index (κ2) is 3.27. The van der Waals surface area contributed by atoms with Gasteiger partial charge in [-0.2, -0.15) is 0 Å². The van der Waals surface area contributed by atoms with Crippen LogP contribution in [0.25, 0.3) is 12.8 Å². The van der Waals surface area contributed by atoms with Crippen LogP contribution in [0.2, 0.25) is 0 Å². The SMILES string of the molecule is C=c1ncs/c1=C/N=C\C. The van der Waals surface area contributed by atoms with Gasteiger partial charge in [-0.3, -0.25) is 4.99 Å². The van der Waals surface area contributed by atoms with Crippen molar-refractivity contribution in [3.63, 3.8) is 0 Å². The first kappa shape index (κ1) is 7.15. The zero-order valence-corrected chi connectivity index (χ0v) is 6.56. The molecule has 3 heteroatoms. The van der Waals surface area contributed by atoms with Crippen LogP contribution in [0, 0.1) is 0 Å². The predicted molar refractivity (Wildman–Crippen MR) is 45.5 cm³/mol. The Morgan fingerprint density at radius 3 is 3.10 bits per heavy atom. The Labute approximate surface area is 63.3 Å². The number of aliphatic imine (C=N–C) groups is 1. The molecule has 0 saturated carbocycles. The minimum Gasteiger partial charge on any atom is -0.268 e. The second-order valence-corrected chi connectivity index (χ2v) is 2.59. The van der Waals surface area contributed by atoms with E-state index in [0.717, 1.165) is 9.88 Å². The van der Waals surface area contributed by atoms with Crippen LogP contribution in [0.15, 0.2) is 10.5 Å². The molecule has 10 heavy (non-hydrogen) atoms. The molecule has 1 aromatic rings. The van der Waals surface area contributed by atoms with Crippen LogP contribution in [-0.2, 0) is 0 Å². The quantitative estimate of drug-likeness (QED) is 0.534. The summed E-state index contributed by atoms with van der Waals surface area (Å²) in [5, 5.41) is 0.801. The average Bonchev–Trinajstić information content (AvgIpc) is 2.31. The van der Waals surface area contributed by atoms with Crippen LogP contribution in [0.1, 0.15) is 6.92 Å². The molecule has 0 atom stereocenters. The lowest BCUT2D eigenvalue weighted by molar-refractivity contribution is 1.32. The summed E-state index contributed by atoms with van der Waals surface area (Å²) in [5.74, 6) is 0. The highest BCUT2D eigenvalue weighted by Crippen LogP contribution is 1.75. The zero-order chi connectivity index (χ0) is 7.40. The molecule has 52 valence electrons. The van der Waals surface area contributed by atoms with Gasteiger partial charge in [0.15, 0.2) is 0 Å². The molecule has 0 saturated heterocycles. The second-order valence-electron chi connectivity index (χ2n) is 1.70. The smallest absolute Gasteiger partial charge is 0.0805 e. The maximum atomic E-state index is 3.97. The van der Waals surface area contributed by atoms with E-state index in [1.54, 1.807) is 29.3 Å². The van der Waals surface area contributed by atoms with Crippen molar-refractivity contribution < 1.29 is 0 Å². The Morgan fingerprint density at radius 1 is 1.80 bits per heavy atom. The zero-order valence-electron chi connectivity index (χ0n) is 5.74. The highest BCUT2D eigenvalue weighted by atomic mass is 32.1. The Balaban J connectivity index is 3.16. The van der Waals surface area contributed by atoms with Gasteiger partial charge in [0.1, 0.15) is 0 Å². The fraction of sp³-hybridized carbons (Fsp3) is 0.143. The fourth-order valence-corrected chi connectivity index (χ4v) is 1.13. The lowest BCUT2D eigenvalue weighted by Gasteiger charge is -1.70. The Hall–Kier alpha value is -0.960. The van der Waals surface area contributed by atoms with E-state index in [1.807, 2.05) is 6.92 Å². The summed E-state index contributed by atoms with van der Waals surface area (Å²) in [6.07, 6.45) is 3.50. The van der Waals surface area contributed by atoms with E-state index < -0.39 is 0 Å². The molecule has 0 N–H and O–H groups in total. The summed E-state index contributed by atoms with van der Waals surface area (Å²) in [5.41, 5.74) is 1.76. The third-order valence-corrected chi connectivity index (χ3v) is 1.82. The molecule has 0 aliphatic heterocycles. The van der Waals surface area contributed by atoms with Crippen molar-refractivity contribution in [2.75, 3.05) is 0 Å². The normalized spacial score (nSPS) is 13.1. The molecule has 0 bridgehead atoms. The molecular weight excluding hydrogens is 144 g/mol. The number of nitrogens with zero attached hydrogens (tertiary/aromatic N) is 2. The summed E-state index contributed by atoms with van der Waals surface area (Å²) < 4.78 is 1.03. The van der Waals surface area contributed by atoms with Crippen LogP contribution >= 0.6 is 11.3 Å². The first-order chi connectivity index (χ1) is 4.84. The maximum Gasteiger partial charge on any atom is 0.0805 e. The van der Waals surface area contributed by atoms with Gasteiger partial charge in [-0.15, -0.1) is 11.3 Å². The van der Waals surface area contributed by atoms with Crippen molar-refractivity contribution in [1.82, 2.24) is 4.98 Å². The van der Waals surface area contributed by atoms with Gasteiger partial charge in [0.05, 0.1) is 15.4 Å². The molecule has 2 nitrogen and oxygen atoms in total. The number of aromatic nitrogens is 1. The Bertz CT molecular complexity index is 324. The standard InChI is InChI=1S/C7H8N2S/c1-3-8-4-7-6(2)9-5-10-7/h3-5H,2H2,1H3/b7-4+,8-3-. The van der Waals surface area contributed by atoms with E-state index in [1.165, 1.54) is 0 Å². The lowest BCUT2D eigenvalue weighted by Crippen LogP contribution is -2.17. The first-order valence-corrected chi connectivity index (χ1v) is 3.79. The molecule has 0 aliphatic carbocycles.